The van der Waals surface area contributed by atoms with Crippen LogP contribution in [0.4, 0.5) is 0 Å². The summed E-state index contributed by atoms with van der Waals surface area (Å²) in [7, 11) is 1.66. The van der Waals surface area contributed by atoms with E-state index in [0.717, 1.165) is 47.5 Å². The monoisotopic (exact) mass is 434 g/mol. The van der Waals surface area contributed by atoms with Crippen LogP contribution in [0.2, 0.25) is 0 Å². The Kier molecular flexibility index (Phi) is 4.35. The Balaban J connectivity index is 1.17. The number of esters is 1. The number of benzene rings is 1. The minimum atomic E-state index is -0.262. The van der Waals surface area contributed by atoms with Crippen LogP contribution in [0.15, 0.2) is 46.8 Å². The number of methoxy groups -OCH3 is 1. The first-order valence-electron chi connectivity index (χ1n) is 11.7. The number of para-hydroxylation sites is 1. The standard InChI is InChI=1S/C26H30N2O4/c1-14-18(25(30)32-24-10-16-12-26(2)13-21(24)28(16)26)11-19-20(27-14)8-15(9-22(19)29)17-6-4-5-7-23(17)31-3/h4-7,15-16,21,24,27H,8-13H2,1-3H3/t15-,16+,21+,24+,26?/m1/s1. The number of hydrogen-bond acceptors (Lipinski definition) is 6. The van der Waals surface area contributed by atoms with E-state index in [4.69, 9.17) is 9.47 Å². The average molecular weight is 435 g/mol. The fourth-order valence-electron chi connectivity index (χ4n) is 6.95. The third kappa shape index (κ3) is 2.81. The van der Waals surface area contributed by atoms with E-state index in [-0.39, 0.29) is 23.8 Å². The minimum absolute atomic E-state index is 0.0178. The van der Waals surface area contributed by atoms with Crippen molar-refractivity contribution in [2.45, 2.75) is 82.0 Å². The van der Waals surface area contributed by atoms with Gasteiger partial charge in [-0.1, -0.05) is 18.2 Å². The van der Waals surface area contributed by atoms with Gasteiger partial charge >= 0.3 is 5.97 Å². The maximum absolute atomic E-state index is 13.1. The largest absolute Gasteiger partial charge is 0.496 e. The summed E-state index contributed by atoms with van der Waals surface area (Å²) in [4.78, 5) is 28.7. The van der Waals surface area contributed by atoms with E-state index < -0.39 is 0 Å². The van der Waals surface area contributed by atoms with Gasteiger partial charge in [-0.3, -0.25) is 9.69 Å². The molecule has 6 heteroatoms. The van der Waals surface area contributed by atoms with Crippen molar-refractivity contribution in [3.8, 4) is 5.75 Å². The summed E-state index contributed by atoms with van der Waals surface area (Å²) in [6, 6.07) is 8.86. The quantitative estimate of drug-likeness (QED) is 0.731. The fraction of sp³-hybridized carbons (Fsp3) is 0.538. The SMILES string of the molecule is COc1ccccc1[C@H]1CC(=O)C2=C(C1)NC(C)=C(C(=O)O[C@H]1C[C@H]3CC4(C)C[C@@H]1N34)C2. The Labute approximate surface area is 188 Å². The molecule has 1 aromatic carbocycles. The number of allylic oxidation sites excluding steroid dienone is 3. The number of nitrogens with zero attached hydrogens (tertiary/aromatic N) is 1. The normalized spacial score (nSPS) is 35.4. The molecule has 4 heterocycles. The lowest BCUT2D eigenvalue weighted by atomic mass is 9.69. The number of hydrogen-bond donors (Lipinski definition) is 1. The van der Waals surface area contributed by atoms with Crippen LogP contribution in [0.3, 0.4) is 0 Å². The molecule has 0 bridgehead atoms. The first-order chi connectivity index (χ1) is 15.4. The third-order valence-corrected chi connectivity index (χ3v) is 8.44. The molecule has 1 unspecified atom stereocenters. The van der Waals surface area contributed by atoms with Crippen LogP contribution in [-0.2, 0) is 14.3 Å². The van der Waals surface area contributed by atoms with Gasteiger partial charge in [0.25, 0.3) is 0 Å². The van der Waals surface area contributed by atoms with E-state index in [0.29, 0.717) is 36.0 Å². The number of dihydropyridines is 1. The summed E-state index contributed by atoms with van der Waals surface area (Å²) >= 11 is 0. The molecule has 1 aliphatic carbocycles. The number of carbonyl (C=O) groups is 2. The van der Waals surface area contributed by atoms with E-state index in [1.165, 1.54) is 6.42 Å². The molecular weight excluding hydrogens is 404 g/mol. The van der Waals surface area contributed by atoms with Crippen LogP contribution < -0.4 is 10.1 Å². The lowest BCUT2D eigenvalue weighted by molar-refractivity contribution is -0.174. The Morgan fingerprint density at radius 3 is 2.78 bits per heavy atom. The van der Waals surface area contributed by atoms with Crippen molar-refractivity contribution in [2.24, 2.45) is 0 Å². The number of piperidine rings is 1. The molecule has 0 radical (unpaired) electrons. The van der Waals surface area contributed by atoms with Crippen LogP contribution in [0.25, 0.3) is 0 Å². The number of ketones is 1. The Morgan fingerprint density at radius 1 is 1.22 bits per heavy atom. The van der Waals surface area contributed by atoms with Crippen LogP contribution in [0.1, 0.15) is 63.9 Å². The molecule has 6 nitrogen and oxygen atoms in total. The predicted octanol–water partition coefficient (Wildman–Crippen LogP) is 3.58. The smallest absolute Gasteiger partial charge is 0.336 e. The average Bonchev–Trinajstić information content (AvgIpc) is 2.89. The van der Waals surface area contributed by atoms with Crippen LogP contribution in [0, 0.1) is 0 Å². The molecule has 1 aromatic rings. The van der Waals surface area contributed by atoms with Crippen molar-refractivity contribution in [1.82, 2.24) is 10.2 Å². The highest BCUT2D eigenvalue weighted by Gasteiger charge is 2.67. The van der Waals surface area contributed by atoms with Gasteiger partial charge < -0.3 is 14.8 Å². The summed E-state index contributed by atoms with van der Waals surface area (Å²) in [5.41, 5.74) is 4.49. The summed E-state index contributed by atoms with van der Waals surface area (Å²) < 4.78 is 11.5. The molecule has 3 fully saturated rings. The van der Waals surface area contributed by atoms with Crippen molar-refractivity contribution in [2.75, 3.05) is 7.11 Å². The van der Waals surface area contributed by atoms with E-state index in [1.807, 2.05) is 31.2 Å². The second kappa shape index (κ2) is 6.95. The maximum atomic E-state index is 13.1. The molecule has 6 rings (SSSR count). The number of nitrogens with one attached hydrogen (secondary N) is 1. The number of carbonyl (C=O) groups excluding carboxylic acids is 2. The zero-order valence-electron chi connectivity index (χ0n) is 18.9. The van der Waals surface area contributed by atoms with Gasteiger partial charge in [0.1, 0.15) is 11.9 Å². The highest BCUT2D eigenvalue weighted by molar-refractivity contribution is 6.01. The number of ether oxygens (including phenoxy) is 2. The lowest BCUT2D eigenvalue weighted by Crippen LogP contribution is -2.74. The van der Waals surface area contributed by atoms with E-state index in [1.54, 1.807) is 7.11 Å². The second-order valence-corrected chi connectivity index (χ2v) is 10.3. The summed E-state index contributed by atoms with van der Waals surface area (Å²) in [5, 5.41) is 3.39. The third-order valence-electron chi connectivity index (χ3n) is 8.44. The Morgan fingerprint density at radius 2 is 2.03 bits per heavy atom. The molecule has 1 N–H and O–H groups in total. The summed E-state index contributed by atoms with van der Waals surface area (Å²) in [6.07, 6.45) is 4.81. The minimum Gasteiger partial charge on any atom is -0.496 e. The van der Waals surface area contributed by atoms with Crippen molar-refractivity contribution < 1.29 is 19.1 Å². The van der Waals surface area contributed by atoms with Crippen LogP contribution >= 0.6 is 0 Å². The topological polar surface area (TPSA) is 67.9 Å². The van der Waals surface area contributed by atoms with Crippen molar-refractivity contribution in [3.63, 3.8) is 0 Å². The molecule has 5 atom stereocenters. The number of Topliss-reactive ketones (excluding diaryl/α,β-unsaturated/α-hetero) is 1. The first-order valence-corrected chi connectivity index (χ1v) is 11.7. The van der Waals surface area contributed by atoms with Gasteiger partial charge in [-0.05, 0) is 44.7 Å². The van der Waals surface area contributed by atoms with Crippen molar-refractivity contribution in [3.05, 3.63) is 52.4 Å². The summed E-state index contributed by atoms with van der Waals surface area (Å²) in [6.45, 7) is 4.22. The molecule has 4 aliphatic heterocycles. The molecule has 0 spiro atoms. The molecule has 168 valence electrons. The van der Waals surface area contributed by atoms with E-state index >= 15 is 0 Å². The second-order valence-electron chi connectivity index (χ2n) is 10.3. The molecule has 0 aromatic heterocycles. The van der Waals surface area contributed by atoms with Gasteiger partial charge in [0, 0.05) is 59.8 Å². The highest BCUT2D eigenvalue weighted by atomic mass is 16.5. The zero-order chi connectivity index (χ0) is 22.2. The Bertz CT molecular complexity index is 1090. The Hall–Kier alpha value is -2.60. The molecule has 32 heavy (non-hydrogen) atoms. The van der Waals surface area contributed by atoms with E-state index in [2.05, 4.69) is 17.1 Å². The van der Waals surface area contributed by atoms with Crippen molar-refractivity contribution in [1.29, 1.82) is 0 Å². The first kappa shape index (κ1) is 20.0. The zero-order valence-corrected chi connectivity index (χ0v) is 18.9. The van der Waals surface area contributed by atoms with Gasteiger partial charge in [-0.15, -0.1) is 0 Å². The maximum Gasteiger partial charge on any atom is 0.336 e. The highest BCUT2D eigenvalue weighted by Crippen LogP contribution is 2.58. The predicted molar refractivity (Wildman–Crippen MR) is 119 cm³/mol. The molecule has 5 aliphatic rings. The van der Waals surface area contributed by atoms with Gasteiger partial charge in [-0.25, -0.2) is 4.79 Å². The van der Waals surface area contributed by atoms with Gasteiger partial charge in [0.15, 0.2) is 5.78 Å². The fourth-order valence-corrected chi connectivity index (χ4v) is 6.95. The van der Waals surface area contributed by atoms with Crippen LogP contribution in [0.5, 0.6) is 5.75 Å². The van der Waals surface area contributed by atoms with E-state index in [9.17, 15) is 9.59 Å². The van der Waals surface area contributed by atoms with Gasteiger partial charge in [0.05, 0.1) is 12.7 Å². The molecule has 0 saturated carbocycles. The number of rotatable bonds is 4. The molecule has 3 saturated heterocycles. The summed E-state index contributed by atoms with van der Waals surface area (Å²) in [5.74, 6) is 0.728. The molecule has 0 amide bonds. The van der Waals surface area contributed by atoms with Crippen LogP contribution in [-0.4, -0.2) is 47.5 Å². The van der Waals surface area contributed by atoms with Gasteiger partial charge in [0.2, 0.25) is 0 Å². The van der Waals surface area contributed by atoms with Crippen molar-refractivity contribution >= 4 is 11.8 Å². The lowest BCUT2D eigenvalue weighted by Gasteiger charge is -2.65. The van der Waals surface area contributed by atoms with Gasteiger partial charge in [-0.2, -0.15) is 0 Å². The molecular formula is C26H30N2O4.